The van der Waals surface area contributed by atoms with E-state index in [4.69, 9.17) is 24.4 Å². The number of furan rings is 1. The van der Waals surface area contributed by atoms with Gasteiger partial charge in [-0.05, 0) is 69.4 Å². The molecule has 11 aromatic rings. The molecule has 11 rings (SSSR count). The van der Waals surface area contributed by atoms with Gasteiger partial charge in [-0.2, -0.15) is 9.97 Å². The van der Waals surface area contributed by atoms with E-state index in [-0.39, 0.29) is 0 Å². The van der Waals surface area contributed by atoms with Crippen molar-refractivity contribution in [2.24, 2.45) is 0 Å². The quantitative estimate of drug-likeness (QED) is 0.180. The van der Waals surface area contributed by atoms with Crippen LogP contribution in [-0.2, 0) is 0 Å². The van der Waals surface area contributed by atoms with Crippen LogP contribution in [0.4, 0.5) is 0 Å². The Morgan fingerprint density at radius 3 is 1.63 bits per heavy atom. The second kappa shape index (κ2) is 12.1. The average molecular weight is 692 g/mol. The summed E-state index contributed by atoms with van der Waals surface area (Å²) in [5.41, 5.74) is 10.3. The van der Waals surface area contributed by atoms with Gasteiger partial charge in [-0.1, -0.05) is 133 Å². The number of fused-ring (bicyclic) bond motifs is 10. The van der Waals surface area contributed by atoms with Crippen molar-refractivity contribution in [1.82, 2.24) is 24.5 Å². The highest BCUT2D eigenvalue weighted by Crippen LogP contribution is 2.45. The lowest BCUT2D eigenvalue weighted by Crippen LogP contribution is -2.06. The van der Waals surface area contributed by atoms with Crippen molar-refractivity contribution in [3.63, 3.8) is 0 Å². The normalized spacial score (nSPS) is 11.7. The molecular formula is C48H29N5O. The summed E-state index contributed by atoms with van der Waals surface area (Å²) in [6, 6.07) is 58.4. The smallest absolute Gasteiger partial charge is 0.238 e. The zero-order valence-electron chi connectivity index (χ0n) is 28.9. The summed E-state index contributed by atoms with van der Waals surface area (Å²) in [4.78, 5) is 20.8. The van der Waals surface area contributed by atoms with Crippen molar-refractivity contribution in [3.05, 3.63) is 176 Å². The number of hydrogen-bond acceptors (Lipinski definition) is 5. The fourth-order valence-electron chi connectivity index (χ4n) is 7.85. The molecule has 4 heterocycles. The Morgan fingerprint density at radius 2 is 0.963 bits per heavy atom. The first-order valence-electron chi connectivity index (χ1n) is 18.0. The van der Waals surface area contributed by atoms with E-state index in [1.165, 1.54) is 0 Å². The van der Waals surface area contributed by atoms with Crippen LogP contribution in [-0.4, -0.2) is 24.5 Å². The second-order valence-electron chi connectivity index (χ2n) is 13.5. The van der Waals surface area contributed by atoms with Crippen LogP contribution in [0.25, 0.3) is 106 Å². The molecule has 4 aromatic heterocycles. The van der Waals surface area contributed by atoms with Gasteiger partial charge < -0.3 is 4.42 Å². The maximum atomic E-state index is 6.80. The van der Waals surface area contributed by atoms with Gasteiger partial charge in [0.25, 0.3) is 0 Å². The molecule has 0 aliphatic rings. The molecule has 7 aromatic carbocycles. The van der Waals surface area contributed by atoms with Crippen LogP contribution in [0.3, 0.4) is 0 Å². The van der Waals surface area contributed by atoms with Crippen LogP contribution >= 0.6 is 0 Å². The number of hydrogen-bond donors (Lipinski definition) is 0. The van der Waals surface area contributed by atoms with E-state index in [1.807, 2.05) is 66.9 Å². The molecule has 0 aliphatic heterocycles. The third-order valence-corrected chi connectivity index (χ3v) is 10.3. The zero-order valence-corrected chi connectivity index (χ0v) is 28.9. The van der Waals surface area contributed by atoms with E-state index >= 15 is 0 Å². The molecule has 6 nitrogen and oxygen atoms in total. The number of nitrogens with zero attached hydrogens (tertiary/aromatic N) is 5. The number of rotatable bonds is 5. The van der Waals surface area contributed by atoms with Crippen LogP contribution < -0.4 is 0 Å². The van der Waals surface area contributed by atoms with Gasteiger partial charge in [-0.15, -0.1) is 0 Å². The molecule has 0 aliphatic carbocycles. The van der Waals surface area contributed by atoms with Crippen molar-refractivity contribution in [2.45, 2.75) is 0 Å². The van der Waals surface area contributed by atoms with Crippen molar-refractivity contribution < 1.29 is 4.42 Å². The molecule has 0 saturated heterocycles. The molecule has 252 valence electrons. The highest BCUT2D eigenvalue weighted by atomic mass is 16.3. The Morgan fingerprint density at radius 1 is 0.426 bits per heavy atom. The highest BCUT2D eigenvalue weighted by Gasteiger charge is 2.25. The van der Waals surface area contributed by atoms with Gasteiger partial charge in [0.15, 0.2) is 17.2 Å². The van der Waals surface area contributed by atoms with Crippen LogP contribution in [0.2, 0.25) is 0 Å². The first kappa shape index (κ1) is 30.2. The lowest BCUT2D eigenvalue weighted by Gasteiger charge is -2.13. The van der Waals surface area contributed by atoms with Crippen LogP contribution in [0.15, 0.2) is 180 Å². The van der Waals surface area contributed by atoms with Gasteiger partial charge in [-0.25, -0.2) is 4.98 Å². The minimum absolute atomic E-state index is 0.482. The number of para-hydroxylation sites is 1. The zero-order chi connectivity index (χ0) is 35.6. The summed E-state index contributed by atoms with van der Waals surface area (Å²) in [6.07, 6.45) is 1.85. The van der Waals surface area contributed by atoms with Gasteiger partial charge in [-0.3, -0.25) is 9.55 Å². The fourth-order valence-corrected chi connectivity index (χ4v) is 7.85. The second-order valence-corrected chi connectivity index (χ2v) is 13.5. The van der Waals surface area contributed by atoms with Gasteiger partial charge >= 0.3 is 0 Å². The van der Waals surface area contributed by atoms with E-state index in [0.29, 0.717) is 17.6 Å². The number of pyridine rings is 1. The molecule has 0 saturated carbocycles. The number of aromatic nitrogens is 5. The van der Waals surface area contributed by atoms with Gasteiger partial charge in [0.05, 0.1) is 11.0 Å². The van der Waals surface area contributed by atoms with E-state index in [2.05, 4.69) is 114 Å². The Kier molecular flexibility index (Phi) is 6.75. The summed E-state index contributed by atoms with van der Waals surface area (Å²) >= 11 is 0. The molecule has 0 fully saturated rings. The standard InChI is InChI=1S/C48H29N5O/c1-4-15-30(16-5-1)33-27-34(31-17-6-2-7-18-31)29-35(28-33)47-50-46(32-19-8-3-9-20-32)51-48(52-47)53-39-24-14-26-49-43(39)42-37-22-11-10-21-36(37)41-38-23-12-13-25-40(38)54-45(41)44(42)53/h1-29H. The molecule has 54 heavy (non-hydrogen) atoms. The molecule has 0 amide bonds. The molecule has 6 heteroatoms. The summed E-state index contributed by atoms with van der Waals surface area (Å²) in [5, 5.41) is 5.31. The van der Waals surface area contributed by atoms with Gasteiger partial charge in [0.2, 0.25) is 5.95 Å². The van der Waals surface area contributed by atoms with Crippen molar-refractivity contribution in [3.8, 4) is 51.0 Å². The Labute approximate surface area is 309 Å². The Hall–Kier alpha value is -7.44. The summed E-state index contributed by atoms with van der Waals surface area (Å²) in [6.45, 7) is 0. The molecule has 0 N–H and O–H groups in total. The van der Waals surface area contributed by atoms with Crippen molar-refractivity contribution in [1.29, 1.82) is 0 Å². The maximum absolute atomic E-state index is 6.80. The molecule has 0 radical (unpaired) electrons. The van der Waals surface area contributed by atoms with Crippen molar-refractivity contribution >= 4 is 54.6 Å². The van der Waals surface area contributed by atoms with Crippen LogP contribution in [0.1, 0.15) is 0 Å². The highest BCUT2D eigenvalue weighted by molar-refractivity contribution is 6.34. The van der Waals surface area contributed by atoms with Gasteiger partial charge in [0, 0.05) is 33.5 Å². The lowest BCUT2D eigenvalue weighted by atomic mass is 9.96. The Balaban J connectivity index is 1.27. The third kappa shape index (κ3) is 4.74. The largest absolute Gasteiger partial charge is 0.454 e. The first-order valence-corrected chi connectivity index (χ1v) is 18.0. The minimum Gasteiger partial charge on any atom is -0.454 e. The average Bonchev–Trinajstić information content (AvgIpc) is 3.82. The number of benzene rings is 7. The molecule has 0 bridgehead atoms. The van der Waals surface area contributed by atoms with E-state index in [0.717, 1.165) is 88.0 Å². The Bertz CT molecular complexity index is 3150. The van der Waals surface area contributed by atoms with Crippen molar-refractivity contribution in [2.75, 3.05) is 0 Å². The van der Waals surface area contributed by atoms with Crippen LogP contribution in [0, 0.1) is 0 Å². The van der Waals surface area contributed by atoms with E-state index in [1.54, 1.807) is 0 Å². The van der Waals surface area contributed by atoms with E-state index in [9.17, 15) is 0 Å². The predicted molar refractivity (Wildman–Crippen MR) is 218 cm³/mol. The van der Waals surface area contributed by atoms with E-state index < -0.39 is 0 Å². The SMILES string of the molecule is c1ccc(-c2cc(-c3ccccc3)cc(-c3nc(-c4ccccc4)nc(-n4c5cccnc5c5c6ccccc6c6c7ccccc7oc6c54)n3)c2)cc1. The summed E-state index contributed by atoms with van der Waals surface area (Å²) in [5.74, 6) is 1.62. The van der Waals surface area contributed by atoms with Crippen LogP contribution in [0.5, 0.6) is 0 Å². The lowest BCUT2D eigenvalue weighted by molar-refractivity contribution is 0.671. The molecule has 0 atom stereocenters. The van der Waals surface area contributed by atoms with Gasteiger partial charge in [0.1, 0.15) is 11.1 Å². The minimum atomic E-state index is 0.482. The molecular weight excluding hydrogens is 663 g/mol. The predicted octanol–water partition coefficient (Wildman–Crippen LogP) is 12.1. The topological polar surface area (TPSA) is 69.6 Å². The maximum Gasteiger partial charge on any atom is 0.238 e. The monoisotopic (exact) mass is 691 g/mol. The third-order valence-electron chi connectivity index (χ3n) is 10.3. The fraction of sp³-hybridized carbons (Fsp3) is 0. The summed E-state index contributed by atoms with van der Waals surface area (Å²) < 4.78 is 8.92. The first-order chi connectivity index (χ1) is 26.8. The molecule has 0 unspecified atom stereocenters. The summed E-state index contributed by atoms with van der Waals surface area (Å²) in [7, 11) is 0. The molecule has 0 spiro atoms.